The molecule has 1 aliphatic rings. The first-order chi connectivity index (χ1) is 18.5. The number of aliphatic hydroxyl groups is 2. The fraction of sp³-hybridized carbons (Fsp3) is 0.621. The number of rotatable bonds is 9. The highest BCUT2D eigenvalue weighted by Crippen LogP contribution is 2.51. The zero-order valence-electron chi connectivity index (χ0n) is 24.7. The molecule has 1 aliphatic heterocycles. The van der Waals surface area contributed by atoms with E-state index in [0.29, 0.717) is 12.0 Å². The number of amides is 1. The first kappa shape index (κ1) is 31.9. The Morgan fingerprint density at radius 1 is 1.12 bits per heavy atom. The molecule has 1 aromatic carbocycles. The molecule has 9 nitrogen and oxygen atoms in total. The summed E-state index contributed by atoms with van der Waals surface area (Å²) >= 11 is 0. The van der Waals surface area contributed by atoms with Gasteiger partial charge in [-0.1, -0.05) is 65.8 Å². The first-order valence-corrected chi connectivity index (χ1v) is 15.7. The number of hydrogen-bond donors (Lipinski definition) is 3. The lowest BCUT2D eigenvalue weighted by molar-refractivity contribution is -0.120. The minimum atomic E-state index is -3.37. The summed E-state index contributed by atoms with van der Waals surface area (Å²) in [7, 11) is -3.37. The van der Waals surface area contributed by atoms with Gasteiger partial charge < -0.3 is 24.4 Å². The number of halogens is 1. The van der Waals surface area contributed by atoms with Crippen molar-refractivity contribution in [3.63, 3.8) is 0 Å². The molecule has 0 bridgehead atoms. The minimum absolute atomic E-state index is 0.0931. The molecular weight excluding hydrogens is 532 g/mol. The third-order valence-corrected chi connectivity index (χ3v) is 13.0. The summed E-state index contributed by atoms with van der Waals surface area (Å²) < 4.78 is 24.5. The Balaban J connectivity index is 1.60. The Hall–Kier alpha value is -2.60. The van der Waals surface area contributed by atoms with Crippen molar-refractivity contribution in [3.8, 4) is 0 Å². The summed E-state index contributed by atoms with van der Waals surface area (Å²) in [6.45, 7) is 13.3. The fourth-order valence-corrected chi connectivity index (χ4v) is 10.4. The Bertz CT molecular complexity index is 1300. The van der Waals surface area contributed by atoms with Crippen molar-refractivity contribution >= 4 is 19.5 Å². The van der Waals surface area contributed by atoms with Crippen LogP contribution < -0.4 is 21.8 Å². The van der Waals surface area contributed by atoms with E-state index >= 15 is 4.11 Å². The maximum atomic E-state index is 16.5. The van der Waals surface area contributed by atoms with Gasteiger partial charge in [0.1, 0.15) is 12.3 Å². The molecule has 2 aromatic rings. The molecule has 0 spiro atoms. The van der Waals surface area contributed by atoms with Gasteiger partial charge >= 0.3 is 5.69 Å². The van der Waals surface area contributed by atoms with Gasteiger partial charge in [0.25, 0.3) is 14.0 Å². The highest BCUT2D eigenvalue weighted by atomic mass is 28.4. The molecule has 1 aromatic heterocycles. The number of carbonyl (C=O) groups excluding carboxylic acids is 1. The fourth-order valence-electron chi connectivity index (χ4n) is 5.77. The van der Waals surface area contributed by atoms with Gasteiger partial charge in [0.15, 0.2) is 0 Å². The molecule has 40 heavy (non-hydrogen) atoms. The van der Waals surface area contributed by atoms with Crippen LogP contribution in [0.15, 0.2) is 40.1 Å². The smallest absolute Gasteiger partial charge is 0.333 e. The monoisotopic (exact) mass is 576 g/mol. The maximum absolute atomic E-state index is 16.5. The number of benzene rings is 1. The van der Waals surface area contributed by atoms with Crippen LogP contribution in [0.4, 0.5) is 4.11 Å². The molecule has 0 aliphatic carbocycles. The molecule has 1 fully saturated rings. The lowest BCUT2D eigenvalue weighted by Gasteiger charge is -2.44. The predicted octanol–water partition coefficient (Wildman–Crippen LogP) is 2.43. The summed E-state index contributed by atoms with van der Waals surface area (Å²) in [5.41, 5.74) is 0.118. The lowest BCUT2D eigenvalue weighted by atomic mass is 10.1. The molecule has 2 heterocycles. The molecule has 3 rings (SSSR count). The first-order valence-electron chi connectivity index (χ1n) is 13.8. The SMILES string of the molecule is Cc1cn(C2CC(O)C(CO)O2)c(=O)n(CCCNC(=O)Cc2ccc([Si]([18F])(C(C)(C)C)C(C)(C)C)cc2)c1=O. The Morgan fingerprint density at radius 2 is 1.73 bits per heavy atom. The summed E-state index contributed by atoms with van der Waals surface area (Å²) in [5.74, 6) is -0.208. The van der Waals surface area contributed by atoms with Crippen LogP contribution in [0.1, 0.15) is 71.7 Å². The van der Waals surface area contributed by atoms with Gasteiger partial charge in [-0.3, -0.25) is 18.7 Å². The second kappa shape index (κ2) is 12.1. The largest absolute Gasteiger partial charge is 0.394 e. The molecule has 0 saturated carbocycles. The molecular formula is C29H44FN3O6Si. The van der Waals surface area contributed by atoms with E-state index in [-0.39, 0.29) is 38.4 Å². The van der Waals surface area contributed by atoms with Crippen LogP contribution in [-0.2, 0) is 22.5 Å². The van der Waals surface area contributed by atoms with Crippen LogP contribution in [0.25, 0.3) is 0 Å². The van der Waals surface area contributed by atoms with Gasteiger partial charge in [0, 0.05) is 31.3 Å². The molecule has 222 valence electrons. The average Bonchev–Trinajstić information content (AvgIpc) is 3.24. The van der Waals surface area contributed by atoms with Crippen molar-refractivity contribution in [3.05, 3.63) is 62.4 Å². The second-order valence-corrected chi connectivity index (χ2v) is 17.7. The van der Waals surface area contributed by atoms with E-state index < -0.39 is 48.2 Å². The third kappa shape index (κ3) is 6.48. The van der Waals surface area contributed by atoms with Gasteiger partial charge in [0.05, 0.1) is 19.1 Å². The zero-order valence-corrected chi connectivity index (χ0v) is 25.7. The van der Waals surface area contributed by atoms with E-state index in [9.17, 15) is 24.6 Å². The van der Waals surface area contributed by atoms with Crippen molar-refractivity contribution < 1.29 is 23.9 Å². The number of carbonyl (C=O) groups is 1. The standard InChI is InChI=1S/C29H44FN3O6Si/c1-19-17-33(25-16-22(35)23(18-34)39-25)27(38)32(26(19)37)14-8-13-31-24(36)15-20-9-11-21(12-10-20)40(30,28(2,3)4)29(5,6)7/h9-12,17,22-23,25,34-35H,8,13-16,18H2,1-7H3,(H,31,36)/i30-1. The van der Waals surface area contributed by atoms with E-state index in [0.717, 1.165) is 15.3 Å². The maximum Gasteiger partial charge on any atom is 0.333 e. The number of hydrogen-bond acceptors (Lipinski definition) is 6. The molecule has 3 unspecified atom stereocenters. The second-order valence-electron chi connectivity index (χ2n) is 12.8. The van der Waals surface area contributed by atoms with Gasteiger partial charge in [-0.2, -0.15) is 0 Å². The van der Waals surface area contributed by atoms with Crippen LogP contribution in [-0.4, -0.2) is 59.0 Å². The van der Waals surface area contributed by atoms with Crippen molar-refractivity contribution in [2.75, 3.05) is 13.2 Å². The quantitative estimate of drug-likeness (QED) is 0.239. The average molecular weight is 577 g/mol. The molecule has 11 heteroatoms. The Kier molecular flexibility index (Phi) is 9.65. The van der Waals surface area contributed by atoms with Crippen LogP contribution >= 0.6 is 0 Å². The summed E-state index contributed by atoms with van der Waals surface area (Å²) in [5, 5.41) is 21.9. The lowest BCUT2D eigenvalue weighted by Crippen LogP contribution is -2.57. The highest BCUT2D eigenvalue weighted by molar-refractivity contribution is 6.90. The van der Waals surface area contributed by atoms with Crippen molar-refractivity contribution in [2.45, 2.75) is 103 Å². The van der Waals surface area contributed by atoms with Crippen LogP contribution in [0.5, 0.6) is 0 Å². The van der Waals surface area contributed by atoms with E-state index in [2.05, 4.69) is 5.32 Å². The van der Waals surface area contributed by atoms with Gasteiger partial charge in [0.2, 0.25) is 5.91 Å². The van der Waals surface area contributed by atoms with E-state index in [1.165, 1.54) is 10.8 Å². The van der Waals surface area contributed by atoms with E-state index in [1.54, 1.807) is 6.92 Å². The van der Waals surface area contributed by atoms with Crippen LogP contribution in [0.2, 0.25) is 10.1 Å². The molecule has 3 N–H and O–H groups in total. The third-order valence-electron chi connectivity index (χ3n) is 7.73. The number of aromatic nitrogens is 2. The van der Waals surface area contributed by atoms with Crippen LogP contribution in [0, 0.1) is 6.92 Å². The van der Waals surface area contributed by atoms with Crippen molar-refractivity contribution in [1.29, 1.82) is 0 Å². The van der Waals surface area contributed by atoms with Gasteiger partial charge in [-0.05, 0) is 34.2 Å². The topological polar surface area (TPSA) is 123 Å². The van der Waals surface area contributed by atoms with Crippen molar-refractivity contribution in [2.24, 2.45) is 0 Å². The number of nitrogens with one attached hydrogen (secondary N) is 1. The minimum Gasteiger partial charge on any atom is -0.394 e. The number of aliphatic hydroxyl groups excluding tert-OH is 2. The normalized spacial score (nSPS) is 20.1. The molecule has 1 amide bonds. The number of aryl methyl sites for hydroxylation is 1. The number of nitrogens with zero attached hydrogens (tertiary/aromatic N) is 2. The Morgan fingerprint density at radius 3 is 2.25 bits per heavy atom. The number of ether oxygens (including phenoxy) is 1. The van der Waals surface area contributed by atoms with E-state index in [1.807, 2.05) is 65.8 Å². The van der Waals surface area contributed by atoms with Crippen molar-refractivity contribution in [1.82, 2.24) is 14.5 Å². The van der Waals surface area contributed by atoms with Gasteiger partial charge in [-0.15, -0.1) is 0 Å². The summed E-state index contributed by atoms with van der Waals surface area (Å²) in [6, 6.07) is 7.25. The highest BCUT2D eigenvalue weighted by Gasteiger charge is 2.56. The van der Waals surface area contributed by atoms with Crippen LogP contribution in [0.3, 0.4) is 0 Å². The Labute approximate surface area is 236 Å². The predicted molar refractivity (Wildman–Crippen MR) is 155 cm³/mol. The summed E-state index contributed by atoms with van der Waals surface area (Å²) in [4.78, 5) is 38.2. The van der Waals surface area contributed by atoms with Gasteiger partial charge in [-0.25, -0.2) is 4.79 Å². The molecule has 1 saturated heterocycles. The summed E-state index contributed by atoms with van der Waals surface area (Å²) in [6.07, 6.45) is -0.464. The molecule has 3 atom stereocenters. The van der Waals surface area contributed by atoms with E-state index in [4.69, 9.17) is 4.74 Å². The zero-order chi connectivity index (χ0) is 30.0. The molecule has 0 radical (unpaired) electrons.